The summed E-state index contributed by atoms with van der Waals surface area (Å²) < 4.78 is 5.22. The molecule has 2 aromatic carbocycles. The van der Waals surface area contributed by atoms with Crippen LogP contribution in [0.4, 0.5) is 0 Å². The Hall–Kier alpha value is -2.53. The van der Waals surface area contributed by atoms with Crippen molar-refractivity contribution in [1.29, 1.82) is 0 Å². The molecule has 0 bridgehead atoms. The van der Waals surface area contributed by atoms with Gasteiger partial charge in [-0.15, -0.1) is 0 Å². The summed E-state index contributed by atoms with van der Waals surface area (Å²) in [6, 6.07) is 14.3. The largest absolute Gasteiger partial charge is 0.497 e. The zero-order valence-electron chi connectivity index (χ0n) is 18.2. The summed E-state index contributed by atoms with van der Waals surface area (Å²) in [6.07, 6.45) is 1.54. The maximum Gasteiger partial charge on any atom is 0.243 e. The van der Waals surface area contributed by atoms with E-state index in [9.17, 15) is 9.59 Å². The first-order chi connectivity index (χ1) is 14.4. The molecule has 0 aromatic heterocycles. The van der Waals surface area contributed by atoms with Gasteiger partial charge >= 0.3 is 0 Å². The van der Waals surface area contributed by atoms with Crippen molar-refractivity contribution in [2.24, 2.45) is 0 Å². The standard InChI is InChI=1S/C24H31ClN2O3/c1-5-17(3)26-24(29)22(6-2)27(16-18-10-12-21(30-4)13-11-18)23(28)15-19-8-7-9-20(25)14-19/h7-14,17,22H,5-6,15-16H2,1-4H3,(H,26,29). The quantitative estimate of drug-likeness (QED) is 0.598. The van der Waals surface area contributed by atoms with Crippen LogP contribution < -0.4 is 10.1 Å². The van der Waals surface area contributed by atoms with E-state index in [1.54, 1.807) is 24.1 Å². The first kappa shape index (κ1) is 23.7. The summed E-state index contributed by atoms with van der Waals surface area (Å²) in [7, 11) is 1.61. The minimum absolute atomic E-state index is 0.0532. The summed E-state index contributed by atoms with van der Waals surface area (Å²) >= 11 is 6.08. The number of rotatable bonds is 10. The van der Waals surface area contributed by atoms with Crippen molar-refractivity contribution in [3.63, 3.8) is 0 Å². The molecular weight excluding hydrogens is 400 g/mol. The second kappa shape index (κ2) is 11.6. The van der Waals surface area contributed by atoms with E-state index in [4.69, 9.17) is 16.3 Å². The Morgan fingerprint density at radius 1 is 1.07 bits per heavy atom. The van der Waals surface area contributed by atoms with Crippen LogP contribution in [0.15, 0.2) is 48.5 Å². The van der Waals surface area contributed by atoms with E-state index in [0.29, 0.717) is 18.0 Å². The molecule has 0 fully saturated rings. The number of nitrogens with one attached hydrogen (secondary N) is 1. The summed E-state index contributed by atoms with van der Waals surface area (Å²) in [5, 5.41) is 3.61. The fourth-order valence-corrected chi connectivity index (χ4v) is 3.42. The van der Waals surface area contributed by atoms with E-state index in [2.05, 4.69) is 5.32 Å². The number of benzene rings is 2. The van der Waals surface area contributed by atoms with Gasteiger partial charge in [0.15, 0.2) is 0 Å². The van der Waals surface area contributed by atoms with E-state index in [-0.39, 0.29) is 24.3 Å². The predicted molar refractivity (Wildman–Crippen MR) is 121 cm³/mol. The van der Waals surface area contributed by atoms with Crippen molar-refractivity contribution >= 4 is 23.4 Å². The Morgan fingerprint density at radius 3 is 2.33 bits per heavy atom. The van der Waals surface area contributed by atoms with Crippen LogP contribution in [0.5, 0.6) is 5.75 Å². The lowest BCUT2D eigenvalue weighted by atomic mass is 10.1. The molecule has 162 valence electrons. The third-order valence-corrected chi connectivity index (χ3v) is 5.38. The highest BCUT2D eigenvalue weighted by atomic mass is 35.5. The van der Waals surface area contributed by atoms with Crippen LogP contribution in [0, 0.1) is 0 Å². The molecule has 0 aliphatic carbocycles. The van der Waals surface area contributed by atoms with Gasteiger partial charge in [0.2, 0.25) is 11.8 Å². The Balaban J connectivity index is 2.28. The van der Waals surface area contributed by atoms with Crippen LogP contribution in [-0.4, -0.2) is 35.9 Å². The van der Waals surface area contributed by atoms with Crippen molar-refractivity contribution < 1.29 is 14.3 Å². The Bertz CT molecular complexity index is 839. The van der Waals surface area contributed by atoms with E-state index >= 15 is 0 Å². The van der Waals surface area contributed by atoms with Gasteiger partial charge in [-0.3, -0.25) is 9.59 Å². The molecule has 0 aliphatic heterocycles. The summed E-state index contributed by atoms with van der Waals surface area (Å²) in [6.45, 7) is 6.25. The number of carbonyl (C=O) groups is 2. The molecule has 2 atom stereocenters. The van der Waals surface area contributed by atoms with Gasteiger partial charge < -0.3 is 15.0 Å². The number of hydrogen-bond donors (Lipinski definition) is 1. The maximum atomic E-state index is 13.3. The van der Waals surface area contributed by atoms with Crippen molar-refractivity contribution in [3.8, 4) is 5.75 Å². The minimum atomic E-state index is -0.548. The average Bonchev–Trinajstić information content (AvgIpc) is 2.73. The lowest BCUT2D eigenvalue weighted by Crippen LogP contribution is -2.51. The van der Waals surface area contributed by atoms with E-state index < -0.39 is 6.04 Å². The fourth-order valence-electron chi connectivity index (χ4n) is 3.21. The number of carbonyl (C=O) groups excluding carboxylic acids is 2. The molecule has 1 N–H and O–H groups in total. The molecule has 2 amide bonds. The summed E-state index contributed by atoms with van der Waals surface area (Å²) in [5.41, 5.74) is 1.76. The normalized spacial score (nSPS) is 12.7. The molecule has 0 saturated heterocycles. The van der Waals surface area contributed by atoms with Gasteiger partial charge in [0.25, 0.3) is 0 Å². The zero-order valence-corrected chi connectivity index (χ0v) is 18.9. The third-order valence-electron chi connectivity index (χ3n) is 5.14. The van der Waals surface area contributed by atoms with Crippen molar-refractivity contribution in [2.45, 2.75) is 58.7 Å². The van der Waals surface area contributed by atoms with E-state index in [1.165, 1.54) is 0 Å². The number of ether oxygens (including phenoxy) is 1. The second-order valence-electron chi connectivity index (χ2n) is 7.42. The van der Waals surface area contributed by atoms with Gasteiger partial charge in [-0.25, -0.2) is 0 Å². The van der Waals surface area contributed by atoms with Crippen LogP contribution in [0.2, 0.25) is 5.02 Å². The van der Waals surface area contributed by atoms with Gasteiger partial charge in [0.1, 0.15) is 11.8 Å². The first-order valence-corrected chi connectivity index (χ1v) is 10.7. The maximum absolute atomic E-state index is 13.3. The van der Waals surface area contributed by atoms with Crippen LogP contribution >= 0.6 is 11.6 Å². The molecular formula is C24H31ClN2O3. The average molecular weight is 431 g/mol. The Kier molecular flexibility index (Phi) is 9.18. The number of halogens is 1. The van der Waals surface area contributed by atoms with Crippen molar-refractivity contribution in [3.05, 3.63) is 64.7 Å². The van der Waals surface area contributed by atoms with E-state index in [0.717, 1.165) is 23.3 Å². The number of amides is 2. The van der Waals surface area contributed by atoms with Crippen LogP contribution in [0.3, 0.4) is 0 Å². The molecule has 2 unspecified atom stereocenters. The molecule has 2 aromatic rings. The van der Waals surface area contributed by atoms with Gasteiger partial charge in [-0.1, -0.05) is 49.7 Å². The van der Waals surface area contributed by atoms with Crippen molar-refractivity contribution in [2.75, 3.05) is 7.11 Å². The highest BCUT2D eigenvalue weighted by Gasteiger charge is 2.29. The van der Waals surface area contributed by atoms with Crippen LogP contribution in [0.1, 0.15) is 44.7 Å². The lowest BCUT2D eigenvalue weighted by Gasteiger charge is -2.31. The monoisotopic (exact) mass is 430 g/mol. The van der Waals surface area contributed by atoms with E-state index in [1.807, 2.05) is 57.2 Å². The van der Waals surface area contributed by atoms with Gasteiger partial charge in [-0.05, 0) is 55.2 Å². The molecule has 0 radical (unpaired) electrons. The summed E-state index contributed by atoms with van der Waals surface area (Å²) in [4.78, 5) is 27.9. The topological polar surface area (TPSA) is 58.6 Å². The third kappa shape index (κ3) is 6.77. The molecule has 0 spiro atoms. The van der Waals surface area contributed by atoms with Crippen LogP contribution in [-0.2, 0) is 22.6 Å². The van der Waals surface area contributed by atoms with Gasteiger partial charge in [0.05, 0.1) is 13.5 Å². The van der Waals surface area contributed by atoms with Crippen molar-refractivity contribution in [1.82, 2.24) is 10.2 Å². The molecule has 30 heavy (non-hydrogen) atoms. The number of hydrogen-bond acceptors (Lipinski definition) is 3. The fraction of sp³-hybridized carbons (Fsp3) is 0.417. The molecule has 2 rings (SSSR count). The van der Waals surface area contributed by atoms with Gasteiger partial charge in [-0.2, -0.15) is 0 Å². The lowest BCUT2D eigenvalue weighted by molar-refractivity contribution is -0.141. The predicted octanol–water partition coefficient (Wildman–Crippen LogP) is 4.61. The molecule has 0 aliphatic rings. The molecule has 0 saturated carbocycles. The molecule has 5 nitrogen and oxygen atoms in total. The molecule has 0 heterocycles. The Labute approximate surface area is 184 Å². The summed E-state index contributed by atoms with van der Waals surface area (Å²) in [5.74, 6) is 0.510. The smallest absolute Gasteiger partial charge is 0.243 e. The molecule has 6 heteroatoms. The highest BCUT2D eigenvalue weighted by Crippen LogP contribution is 2.18. The number of nitrogens with zero attached hydrogens (tertiary/aromatic N) is 1. The SMILES string of the molecule is CCC(C)NC(=O)C(CC)N(Cc1ccc(OC)cc1)C(=O)Cc1cccc(Cl)c1. The number of methoxy groups -OCH3 is 1. The van der Waals surface area contributed by atoms with Crippen LogP contribution in [0.25, 0.3) is 0 Å². The van der Waals surface area contributed by atoms with Gasteiger partial charge in [0, 0.05) is 17.6 Å². The Morgan fingerprint density at radius 2 is 1.77 bits per heavy atom. The minimum Gasteiger partial charge on any atom is -0.497 e. The second-order valence-corrected chi connectivity index (χ2v) is 7.85. The zero-order chi connectivity index (χ0) is 22.1. The first-order valence-electron chi connectivity index (χ1n) is 10.3. The highest BCUT2D eigenvalue weighted by molar-refractivity contribution is 6.30.